The molecule has 0 saturated heterocycles. The summed E-state index contributed by atoms with van der Waals surface area (Å²) in [5, 5.41) is 7.14. The van der Waals surface area contributed by atoms with Gasteiger partial charge in [0.25, 0.3) is 5.56 Å². The highest BCUT2D eigenvalue weighted by molar-refractivity contribution is 6.32. The van der Waals surface area contributed by atoms with Crippen LogP contribution in [0.2, 0.25) is 5.02 Å². The van der Waals surface area contributed by atoms with Gasteiger partial charge in [-0.1, -0.05) is 18.5 Å². The van der Waals surface area contributed by atoms with Gasteiger partial charge < -0.3 is 10.1 Å². The van der Waals surface area contributed by atoms with E-state index in [2.05, 4.69) is 17.3 Å². The molecule has 0 bridgehead atoms. The Balaban J connectivity index is 2.37. The molecule has 0 spiro atoms. The Hall–Kier alpha value is -1.07. The van der Waals surface area contributed by atoms with Crippen molar-refractivity contribution in [2.24, 2.45) is 7.05 Å². The summed E-state index contributed by atoms with van der Waals surface area (Å²) < 4.78 is 6.55. The van der Waals surface area contributed by atoms with Gasteiger partial charge in [-0.15, -0.1) is 0 Å². The van der Waals surface area contributed by atoms with Crippen LogP contribution in [-0.4, -0.2) is 29.5 Å². The van der Waals surface area contributed by atoms with Crippen LogP contribution in [0.25, 0.3) is 0 Å². The summed E-state index contributed by atoms with van der Waals surface area (Å²) >= 11 is 5.89. The summed E-state index contributed by atoms with van der Waals surface area (Å²) in [5.74, 6) is 0. The van der Waals surface area contributed by atoms with E-state index in [1.54, 1.807) is 13.2 Å². The lowest BCUT2D eigenvalue weighted by Gasteiger charge is -2.08. The maximum atomic E-state index is 11.5. The number of aromatic nitrogens is 2. The molecule has 0 aliphatic rings. The predicted molar refractivity (Wildman–Crippen MR) is 68.7 cm³/mol. The molecule has 0 amide bonds. The number of hydrogen-bond acceptors (Lipinski definition) is 4. The van der Waals surface area contributed by atoms with Crippen molar-refractivity contribution in [1.82, 2.24) is 9.78 Å². The minimum absolute atomic E-state index is 0.178. The van der Waals surface area contributed by atoms with Gasteiger partial charge in [0.1, 0.15) is 5.02 Å². The van der Waals surface area contributed by atoms with Crippen molar-refractivity contribution in [2.75, 3.05) is 25.1 Å². The predicted octanol–water partition coefficient (Wildman–Crippen LogP) is 1.66. The molecule has 0 aromatic carbocycles. The standard InChI is InChI=1S/C11H18ClN3O2/c1-3-6-17-7-4-5-13-9-8-14-15(2)11(16)10(9)12/h8,13H,3-7H2,1-2H3. The molecule has 96 valence electrons. The van der Waals surface area contributed by atoms with E-state index in [1.807, 2.05) is 0 Å². The molecule has 6 heteroatoms. The van der Waals surface area contributed by atoms with Gasteiger partial charge in [0.15, 0.2) is 0 Å². The smallest absolute Gasteiger partial charge is 0.287 e. The molecule has 0 unspecified atom stereocenters. The Morgan fingerprint density at radius 1 is 1.53 bits per heavy atom. The lowest BCUT2D eigenvalue weighted by Crippen LogP contribution is -2.21. The SMILES string of the molecule is CCCOCCCNc1cnn(C)c(=O)c1Cl. The minimum Gasteiger partial charge on any atom is -0.382 e. The molecule has 1 rings (SSSR count). The summed E-state index contributed by atoms with van der Waals surface area (Å²) in [5.41, 5.74) is 0.282. The van der Waals surface area contributed by atoms with E-state index in [9.17, 15) is 4.79 Å². The molecule has 1 N–H and O–H groups in total. The van der Waals surface area contributed by atoms with Gasteiger partial charge in [-0.25, -0.2) is 4.68 Å². The number of halogens is 1. The van der Waals surface area contributed by atoms with E-state index < -0.39 is 0 Å². The highest BCUT2D eigenvalue weighted by Gasteiger charge is 2.05. The van der Waals surface area contributed by atoms with Crippen molar-refractivity contribution in [2.45, 2.75) is 19.8 Å². The molecular weight excluding hydrogens is 242 g/mol. The molecule has 0 radical (unpaired) electrons. The maximum absolute atomic E-state index is 11.5. The van der Waals surface area contributed by atoms with Crippen LogP contribution in [0, 0.1) is 0 Å². The molecule has 0 fully saturated rings. The summed E-state index contributed by atoms with van der Waals surface area (Å²) in [7, 11) is 1.57. The second-order valence-electron chi connectivity index (χ2n) is 3.69. The van der Waals surface area contributed by atoms with Gasteiger partial charge in [-0.3, -0.25) is 4.79 Å². The monoisotopic (exact) mass is 259 g/mol. The van der Waals surface area contributed by atoms with Crippen LogP contribution in [0.4, 0.5) is 5.69 Å². The number of anilines is 1. The molecule has 0 aliphatic heterocycles. The van der Waals surface area contributed by atoms with Crippen LogP contribution in [0.3, 0.4) is 0 Å². The average molecular weight is 260 g/mol. The van der Waals surface area contributed by atoms with E-state index in [0.717, 1.165) is 19.4 Å². The van der Waals surface area contributed by atoms with Crippen molar-refractivity contribution >= 4 is 17.3 Å². The van der Waals surface area contributed by atoms with Gasteiger partial charge in [-0.05, 0) is 12.8 Å². The Bertz CT molecular complexity index is 406. The van der Waals surface area contributed by atoms with E-state index in [4.69, 9.17) is 16.3 Å². The number of nitrogens with zero attached hydrogens (tertiary/aromatic N) is 2. The van der Waals surface area contributed by atoms with Crippen molar-refractivity contribution < 1.29 is 4.74 Å². The largest absolute Gasteiger partial charge is 0.382 e. The topological polar surface area (TPSA) is 56.1 Å². The Morgan fingerprint density at radius 3 is 3.00 bits per heavy atom. The number of hydrogen-bond donors (Lipinski definition) is 1. The third-order valence-electron chi connectivity index (χ3n) is 2.21. The third-order valence-corrected chi connectivity index (χ3v) is 2.57. The quantitative estimate of drug-likeness (QED) is 0.757. The van der Waals surface area contributed by atoms with E-state index in [-0.39, 0.29) is 10.6 Å². The molecule has 0 saturated carbocycles. The lowest BCUT2D eigenvalue weighted by molar-refractivity contribution is 0.134. The van der Waals surface area contributed by atoms with E-state index in [1.165, 1.54) is 4.68 Å². The van der Waals surface area contributed by atoms with Crippen LogP contribution >= 0.6 is 11.6 Å². The minimum atomic E-state index is -0.293. The van der Waals surface area contributed by atoms with Crippen molar-refractivity contribution in [3.63, 3.8) is 0 Å². The first-order chi connectivity index (χ1) is 8.16. The fraction of sp³-hybridized carbons (Fsp3) is 0.636. The first kappa shape index (κ1) is 14.0. The molecule has 0 atom stereocenters. The molecule has 1 heterocycles. The lowest BCUT2D eigenvalue weighted by atomic mass is 10.4. The van der Waals surface area contributed by atoms with Crippen LogP contribution < -0.4 is 10.9 Å². The van der Waals surface area contributed by atoms with Crippen LogP contribution in [0.15, 0.2) is 11.0 Å². The zero-order valence-electron chi connectivity index (χ0n) is 10.2. The zero-order chi connectivity index (χ0) is 12.7. The van der Waals surface area contributed by atoms with Crippen LogP contribution in [0.5, 0.6) is 0 Å². The van der Waals surface area contributed by atoms with Crippen molar-refractivity contribution in [3.8, 4) is 0 Å². The number of aryl methyl sites for hydroxylation is 1. The fourth-order valence-electron chi connectivity index (χ4n) is 1.28. The first-order valence-corrected chi connectivity index (χ1v) is 6.08. The van der Waals surface area contributed by atoms with Gasteiger partial charge >= 0.3 is 0 Å². The number of nitrogens with one attached hydrogen (secondary N) is 1. The normalized spacial score (nSPS) is 10.5. The third kappa shape index (κ3) is 4.36. The van der Waals surface area contributed by atoms with Crippen LogP contribution in [-0.2, 0) is 11.8 Å². The van der Waals surface area contributed by atoms with Crippen LogP contribution in [0.1, 0.15) is 19.8 Å². The van der Waals surface area contributed by atoms with Gasteiger partial charge in [0.2, 0.25) is 0 Å². The highest BCUT2D eigenvalue weighted by atomic mass is 35.5. The van der Waals surface area contributed by atoms with Gasteiger partial charge in [0, 0.05) is 26.8 Å². The van der Waals surface area contributed by atoms with Crippen molar-refractivity contribution in [1.29, 1.82) is 0 Å². The van der Waals surface area contributed by atoms with Gasteiger partial charge in [-0.2, -0.15) is 5.10 Å². The fourth-order valence-corrected chi connectivity index (χ4v) is 1.52. The molecule has 0 aliphatic carbocycles. The molecule has 1 aromatic heterocycles. The Labute approximate surface area is 106 Å². The van der Waals surface area contributed by atoms with Gasteiger partial charge in [0.05, 0.1) is 11.9 Å². The Kier molecular flexibility index (Phi) is 6.00. The maximum Gasteiger partial charge on any atom is 0.287 e. The summed E-state index contributed by atoms with van der Waals surface area (Å²) in [6, 6.07) is 0. The second-order valence-corrected chi connectivity index (χ2v) is 4.07. The van der Waals surface area contributed by atoms with E-state index in [0.29, 0.717) is 18.8 Å². The summed E-state index contributed by atoms with van der Waals surface area (Å²) in [6.45, 7) is 4.27. The molecule has 5 nitrogen and oxygen atoms in total. The highest BCUT2D eigenvalue weighted by Crippen LogP contribution is 2.14. The number of rotatable bonds is 7. The Morgan fingerprint density at radius 2 is 2.29 bits per heavy atom. The second kappa shape index (κ2) is 7.29. The summed E-state index contributed by atoms with van der Waals surface area (Å²) in [6.07, 6.45) is 3.44. The van der Waals surface area contributed by atoms with Crippen molar-refractivity contribution in [3.05, 3.63) is 21.6 Å². The molecular formula is C11H18ClN3O2. The average Bonchev–Trinajstić information content (AvgIpc) is 2.33. The summed E-state index contributed by atoms with van der Waals surface area (Å²) in [4.78, 5) is 11.5. The molecule has 17 heavy (non-hydrogen) atoms. The first-order valence-electron chi connectivity index (χ1n) is 5.70. The zero-order valence-corrected chi connectivity index (χ0v) is 11.0. The van der Waals surface area contributed by atoms with E-state index >= 15 is 0 Å². The number of ether oxygens (including phenoxy) is 1. The molecule has 1 aromatic rings.